The lowest BCUT2D eigenvalue weighted by atomic mass is 10.1. The summed E-state index contributed by atoms with van der Waals surface area (Å²) in [6.45, 7) is 3.33. The van der Waals surface area contributed by atoms with Crippen LogP contribution in [0.3, 0.4) is 0 Å². The number of nitrogens with zero attached hydrogens (tertiary/aromatic N) is 1. The molecule has 0 radical (unpaired) electrons. The average molecular weight is 350 g/mol. The molecule has 1 atom stereocenters. The first-order valence-corrected chi connectivity index (χ1v) is 10.3. The highest BCUT2D eigenvalue weighted by atomic mass is 32.2. The van der Waals surface area contributed by atoms with Crippen LogP contribution in [-0.4, -0.2) is 61.6 Å². The van der Waals surface area contributed by atoms with Crippen molar-refractivity contribution < 1.29 is 22.6 Å². The zero-order chi connectivity index (χ0) is 17.8. The third-order valence-electron chi connectivity index (χ3n) is 3.89. The van der Waals surface area contributed by atoms with Gasteiger partial charge >= 0.3 is 0 Å². The highest BCUT2D eigenvalue weighted by Gasteiger charge is 2.21. The molecule has 5 nitrogen and oxygen atoms in total. The molecular weight excluding hydrogens is 314 g/mol. The van der Waals surface area contributed by atoms with Crippen molar-refractivity contribution in [2.75, 3.05) is 32.9 Å². The molecule has 0 aliphatic heterocycles. The average Bonchev–Trinajstić information content (AvgIpc) is 2.37. The van der Waals surface area contributed by atoms with Gasteiger partial charge in [0.05, 0.1) is 36.5 Å². The molecule has 0 bridgehead atoms. The molecule has 0 saturated heterocycles. The number of likely N-dealkylation sites (N-methyl/N-ethyl adjacent to an activating group) is 1. The summed E-state index contributed by atoms with van der Waals surface area (Å²) >= 11 is 0. The van der Waals surface area contributed by atoms with E-state index in [1.54, 1.807) is 0 Å². The first-order chi connectivity index (χ1) is 10.7. The molecule has 0 aromatic heterocycles. The van der Waals surface area contributed by atoms with Crippen molar-refractivity contribution in [2.45, 2.75) is 64.4 Å². The van der Waals surface area contributed by atoms with Gasteiger partial charge in [-0.05, 0) is 32.1 Å². The minimum Gasteiger partial charge on any atom is -0.748 e. The van der Waals surface area contributed by atoms with Crippen molar-refractivity contribution in [3.05, 3.63) is 12.2 Å². The zero-order valence-corrected chi connectivity index (χ0v) is 15.9. The van der Waals surface area contributed by atoms with E-state index >= 15 is 0 Å². The second-order valence-electron chi connectivity index (χ2n) is 7.01. The molecule has 0 fully saturated rings. The van der Waals surface area contributed by atoms with Gasteiger partial charge in [-0.25, -0.2) is 8.42 Å². The van der Waals surface area contributed by atoms with Crippen molar-refractivity contribution in [3.63, 3.8) is 0 Å². The van der Waals surface area contributed by atoms with E-state index in [9.17, 15) is 18.1 Å². The van der Waals surface area contributed by atoms with E-state index in [1.165, 1.54) is 32.1 Å². The first kappa shape index (κ1) is 22.6. The van der Waals surface area contributed by atoms with Gasteiger partial charge in [0.15, 0.2) is 0 Å². The Morgan fingerprint density at radius 3 is 2.17 bits per heavy atom. The summed E-state index contributed by atoms with van der Waals surface area (Å²) < 4.78 is 32.5. The number of aliphatic hydroxyl groups excluding tert-OH is 1. The molecule has 1 N–H and O–H groups in total. The Morgan fingerprint density at radius 1 is 1.04 bits per heavy atom. The van der Waals surface area contributed by atoms with Crippen LogP contribution in [0.25, 0.3) is 0 Å². The fraction of sp³-hybridized carbons (Fsp3) is 0.882. The predicted molar refractivity (Wildman–Crippen MR) is 94.2 cm³/mol. The van der Waals surface area contributed by atoms with E-state index in [-0.39, 0.29) is 0 Å². The van der Waals surface area contributed by atoms with Gasteiger partial charge in [0.25, 0.3) is 0 Å². The second kappa shape index (κ2) is 12.0. The number of unbranched alkanes of at least 4 members (excludes halogenated alkanes) is 6. The molecule has 1 unspecified atom stereocenters. The van der Waals surface area contributed by atoms with E-state index in [2.05, 4.69) is 19.1 Å². The maximum absolute atomic E-state index is 10.6. The lowest BCUT2D eigenvalue weighted by Crippen LogP contribution is -2.47. The minimum atomic E-state index is -4.35. The fourth-order valence-electron chi connectivity index (χ4n) is 2.74. The molecule has 0 saturated carbocycles. The van der Waals surface area contributed by atoms with E-state index in [0.29, 0.717) is 11.0 Å². The molecule has 6 heteroatoms. The topological polar surface area (TPSA) is 77.4 Å². The number of quaternary nitrogens is 1. The van der Waals surface area contributed by atoms with Crippen LogP contribution in [0.15, 0.2) is 12.2 Å². The Bertz CT molecular complexity index is 418. The van der Waals surface area contributed by atoms with Gasteiger partial charge < -0.3 is 14.1 Å². The van der Waals surface area contributed by atoms with Gasteiger partial charge in [0.2, 0.25) is 0 Å². The number of hydrogen-bond donors (Lipinski definition) is 1. The molecule has 0 aliphatic rings. The van der Waals surface area contributed by atoms with Crippen LogP contribution in [0.5, 0.6) is 0 Å². The normalized spacial score (nSPS) is 14.5. The summed E-state index contributed by atoms with van der Waals surface area (Å²) in [4.78, 5) is 0. The Hall–Kier alpha value is -0.430. The smallest absolute Gasteiger partial charge is 0.116 e. The van der Waals surface area contributed by atoms with Crippen LogP contribution in [0.2, 0.25) is 0 Å². The van der Waals surface area contributed by atoms with Crippen molar-refractivity contribution in [2.24, 2.45) is 0 Å². The Balaban J connectivity index is 3.68. The van der Waals surface area contributed by atoms with Gasteiger partial charge in [-0.15, -0.1) is 0 Å². The van der Waals surface area contributed by atoms with Crippen LogP contribution >= 0.6 is 0 Å². The van der Waals surface area contributed by atoms with E-state index in [4.69, 9.17) is 0 Å². The lowest BCUT2D eigenvalue weighted by molar-refractivity contribution is -0.893. The number of aliphatic hydroxyl groups is 1. The van der Waals surface area contributed by atoms with Crippen molar-refractivity contribution in [1.82, 2.24) is 0 Å². The maximum Gasteiger partial charge on any atom is 0.116 e. The summed E-state index contributed by atoms with van der Waals surface area (Å²) in [5.74, 6) is -0.693. The van der Waals surface area contributed by atoms with Gasteiger partial charge in [-0.3, -0.25) is 0 Å². The molecular formula is C17H35NO4S. The first-order valence-electron chi connectivity index (χ1n) is 8.75. The predicted octanol–water partition coefficient (Wildman–Crippen LogP) is 2.67. The van der Waals surface area contributed by atoms with Crippen molar-refractivity contribution >= 4 is 10.1 Å². The highest BCUT2D eigenvalue weighted by Crippen LogP contribution is 2.10. The van der Waals surface area contributed by atoms with Crippen molar-refractivity contribution in [3.8, 4) is 0 Å². The third kappa shape index (κ3) is 16.2. The largest absolute Gasteiger partial charge is 0.748 e. The van der Waals surface area contributed by atoms with Crippen LogP contribution in [0.1, 0.15) is 58.3 Å². The monoisotopic (exact) mass is 349 g/mol. The number of allylic oxidation sites excluding steroid dienone is 2. The zero-order valence-electron chi connectivity index (χ0n) is 15.0. The highest BCUT2D eigenvalue weighted by molar-refractivity contribution is 7.85. The van der Waals surface area contributed by atoms with Crippen LogP contribution in [0.4, 0.5) is 0 Å². The molecule has 0 heterocycles. The molecule has 0 rings (SSSR count). The molecule has 0 aromatic carbocycles. The quantitative estimate of drug-likeness (QED) is 0.226. The summed E-state index contributed by atoms with van der Waals surface area (Å²) in [5.41, 5.74) is 0. The summed E-state index contributed by atoms with van der Waals surface area (Å²) in [6.07, 6.45) is 12.9. The van der Waals surface area contributed by atoms with E-state index in [1.807, 2.05) is 14.1 Å². The lowest BCUT2D eigenvalue weighted by Gasteiger charge is -2.32. The summed E-state index contributed by atoms with van der Waals surface area (Å²) in [5, 5.41) is 9.68. The van der Waals surface area contributed by atoms with Crippen LogP contribution in [0, 0.1) is 0 Å². The number of hydrogen-bond acceptors (Lipinski definition) is 4. The van der Waals surface area contributed by atoms with Crippen LogP contribution in [-0.2, 0) is 10.1 Å². The molecule has 0 aromatic rings. The fourth-order valence-corrected chi connectivity index (χ4v) is 3.32. The molecule has 138 valence electrons. The summed E-state index contributed by atoms with van der Waals surface area (Å²) in [7, 11) is -0.437. The SMILES string of the molecule is CC/C=C/CCCCCCCC[N+](C)(C)CC(O)CS(=O)(=O)[O-]. The Kier molecular flexibility index (Phi) is 11.8. The van der Waals surface area contributed by atoms with Gasteiger partial charge in [0, 0.05) is 0 Å². The molecule has 0 aliphatic carbocycles. The van der Waals surface area contributed by atoms with Gasteiger partial charge in [-0.2, -0.15) is 0 Å². The molecule has 0 amide bonds. The van der Waals surface area contributed by atoms with Gasteiger partial charge in [-0.1, -0.05) is 38.3 Å². The van der Waals surface area contributed by atoms with E-state index in [0.717, 1.165) is 25.8 Å². The third-order valence-corrected chi connectivity index (χ3v) is 4.68. The Morgan fingerprint density at radius 2 is 1.61 bits per heavy atom. The standard InChI is InChI=1S/C17H35NO4S/c1-4-5-6-7-8-9-10-11-12-13-14-18(2,3)15-17(19)16-23(20,21)22/h5-6,17,19H,4,7-16H2,1-3H3/b6-5+. The molecule has 23 heavy (non-hydrogen) atoms. The van der Waals surface area contributed by atoms with Crippen LogP contribution < -0.4 is 0 Å². The molecule has 0 spiro atoms. The number of rotatable bonds is 14. The Labute approximate surface area is 142 Å². The second-order valence-corrected chi connectivity index (χ2v) is 8.46. The summed E-state index contributed by atoms with van der Waals surface area (Å²) in [6, 6.07) is 0. The van der Waals surface area contributed by atoms with Crippen molar-refractivity contribution in [1.29, 1.82) is 0 Å². The maximum atomic E-state index is 10.6. The minimum absolute atomic E-state index is 0.297. The van der Waals surface area contributed by atoms with E-state index < -0.39 is 22.0 Å². The van der Waals surface area contributed by atoms with Gasteiger partial charge in [0.1, 0.15) is 12.6 Å².